The summed E-state index contributed by atoms with van der Waals surface area (Å²) in [6, 6.07) is 8.49. The summed E-state index contributed by atoms with van der Waals surface area (Å²) < 4.78 is 2.01. The topological polar surface area (TPSA) is 53.3 Å². The quantitative estimate of drug-likeness (QED) is 0.874. The normalized spacial score (nSPS) is 16.2. The van der Waals surface area contributed by atoms with Gasteiger partial charge in [-0.25, -0.2) is 0 Å². The van der Waals surface area contributed by atoms with Gasteiger partial charge in [-0.1, -0.05) is 12.1 Å². The molecule has 25 heavy (non-hydrogen) atoms. The van der Waals surface area contributed by atoms with Crippen molar-refractivity contribution in [1.29, 1.82) is 0 Å². The van der Waals surface area contributed by atoms with Gasteiger partial charge in [0.2, 0.25) is 0 Å². The predicted octanol–water partition coefficient (Wildman–Crippen LogP) is 3.46. The molecule has 2 heterocycles. The maximum Gasteiger partial charge on any atom is 0.0602 e. The maximum absolute atomic E-state index is 9.33. The molecule has 1 aliphatic heterocycles. The first-order valence-corrected chi connectivity index (χ1v) is 9.20. The lowest BCUT2D eigenvalue weighted by atomic mass is 9.97. The highest BCUT2D eigenvalue weighted by atomic mass is 16.3. The monoisotopic (exact) mass is 342 g/mol. The lowest BCUT2D eigenvalue weighted by Gasteiger charge is -2.34. The summed E-state index contributed by atoms with van der Waals surface area (Å²) >= 11 is 0. The molecule has 0 aliphatic carbocycles. The summed E-state index contributed by atoms with van der Waals surface area (Å²) in [7, 11) is 0. The van der Waals surface area contributed by atoms with E-state index >= 15 is 0 Å². The second kappa shape index (κ2) is 7.48. The Morgan fingerprint density at radius 2 is 1.92 bits per heavy atom. The molecule has 0 unspecified atom stereocenters. The van der Waals surface area contributed by atoms with Crippen LogP contribution in [0.15, 0.2) is 36.7 Å². The van der Waals surface area contributed by atoms with Crippen LogP contribution in [0.5, 0.6) is 0 Å². The molecule has 1 aromatic carbocycles. The molecule has 1 saturated heterocycles. The fourth-order valence-corrected chi connectivity index (χ4v) is 3.27. The van der Waals surface area contributed by atoms with Gasteiger partial charge < -0.3 is 15.3 Å². The van der Waals surface area contributed by atoms with E-state index in [1.807, 2.05) is 10.9 Å². The van der Waals surface area contributed by atoms with Crippen LogP contribution in [-0.4, -0.2) is 34.6 Å². The number of anilines is 2. The number of aliphatic hydroxyl groups excluding tert-OH is 1. The van der Waals surface area contributed by atoms with E-state index in [1.54, 1.807) is 0 Å². The molecule has 5 nitrogen and oxygen atoms in total. The molecule has 2 N–H and O–H groups in total. The van der Waals surface area contributed by atoms with E-state index in [1.165, 1.54) is 11.3 Å². The van der Waals surface area contributed by atoms with Crippen molar-refractivity contribution in [1.82, 2.24) is 9.78 Å². The summed E-state index contributed by atoms with van der Waals surface area (Å²) in [4.78, 5) is 2.42. The minimum Gasteiger partial charge on any atom is -0.396 e. The van der Waals surface area contributed by atoms with Crippen LogP contribution in [0.1, 0.15) is 39.2 Å². The third-order valence-electron chi connectivity index (χ3n) is 4.92. The summed E-state index contributed by atoms with van der Waals surface area (Å²) in [5.41, 5.74) is 3.60. The smallest absolute Gasteiger partial charge is 0.0602 e. The van der Waals surface area contributed by atoms with Crippen molar-refractivity contribution in [2.75, 3.05) is 29.9 Å². The van der Waals surface area contributed by atoms with E-state index in [0.717, 1.165) is 38.2 Å². The van der Waals surface area contributed by atoms with Gasteiger partial charge in [-0.3, -0.25) is 4.68 Å². The number of para-hydroxylation sites is 2. The molecule has 0 radical (unpaired) electrons. The van der Waals surface area contributed by atoms with Crippen LogP contribution in [0, 0.1) is 5.92 Å². The Morgan fingerprint density at radius 3 is 2.56 bits per heavy atom. The molecule has 0 spiro atoms. The van der Waals surface area contributed by atoms with Gasteiger partial charge in [0, 0.05) is 38.0 Å². The van der Waals surface area contributed by atoms with Crippen molar-refractivity contribution in [3.8, 4) is 0 Å². The van der Waals surface area contributed by atoms with E-state index in [4.69, 9.17) is 0 Å². The highest BCUT2D eigenvalue weighted by Crippen LogP contribution is 2.30. The molecule has 0 atom stereocenters. The first-order valence-electron chi connectivity index (χ1n) is 9.20. The van der Waals surface area contributed by atoms with E-state index in [-0.39, 0.29) is 5.54 Å². The summed E-state index contributed by atoms with van der Waals surface area (Å²) in [6.07, 6.45) is 6.17. The van der Waals surface area contributed by atoms with Crippen LogP contribution >= 0.6 is 0 Å². The minimum atomic E-state index is 0.00715. The SMILES string of the molecule is CC(C)(C)n1cc(CNc2ccccc2N2CCC(CO)CC2)cn1. The molecule has 0 amide bonds. The molecule has 1 aliphatic rings. The molecule has 5 heteroatoms. The van der Waals surface area contributed by atoms with Crippen LogP contribution in [-0.2, 0) is 12.1 Å². The number of aromatic nitrogens is 2. The standard InChI is InChI=1S/C20H30N4O/c1-20(2,3)24-14-17(13-22-24)12-21-18-6-4-5-7-19(18)23-10-8-16(15-25)9-11-23/h4-7,13-14,16,21,25H,8-12,15H2,1-3H3. The van der Waals surface area contributed by atoms with E-state index in [2.05, 4.69) is 66.5 Å². The molecular weight excluding hydrogens is 312 g/mol. The van der Waals surface area contributed by atoms with Crippen molar-refractivity contribution >= 4 is 11.4 Å². The number of hydrogen-bond donors (Lipinski definition) is 2. The van der Waals surface area contributed by atoms with Crippen LogP contribution in [0.25, 0.3) is 0 Å². The Morgan fingerprint density at radius 1 is 1.20 bits per heavy atom. The zero-order chi connectivity index (χ0) is 17.9. The van der Waals surface area contributed by atoms with Gasteiger partial charge in [0.1, 0.15) is 0 Å². The molecule has 2 aromatic rings. The summed E-state index contributed by atoms with van der Waals surface area (Å²) in [6.45, 7) is 9.55. The van der Waals surface area contributed by atoms with Crippen LogP contribution in [0.4, 0.5) is 11.4 Å². The van der Waals surface area contributed by atoms with Crippen molar-refractivity contribution in [3.63, 3.8) is 0 Å². The van der Waals surface area contributed by atoms with Crippen molar-refractivity contribution in [2.24, 2.45) is 5.92 Å². The average molecular weight is 342 g/mol. The fraction of sp³-hybridized carbons (Fsp3) is 0.550. The second-order valence-electron chi connectivity index (χ2n) is 7.95. The zero-order valence-electron chi connectivity index (χ0n) is 15.6. The van der Waals surface area contributed by atoms with Gasteiger partial charge in [0.15, 0.2) is 0 Å². The molecule has 3 rings (SSSR count). The highest BCUT2D eigenvalue weighted by Gasteiger charge is 2.20. The van der Waals surface area contributed by atoms with Crippen LogP contribution in [0.3, 0.4) is 0 Å². The third kappa shape index (κ3) is 4.34. The van der Waals surface area contributed by atoms with Crippen molar-refractivity contribution < 1.29 is 5.11 Å². The molecule has 0 bridgehead atoms. The summed E-state index contributed by atoms with van der Waals surface area (Å²) in [5.74, 6) is 0.458. The number of nitrogens with one attached hydrogen (secondary N) is 1. The van der Waals surface area contributed by atoms with Gasteiger partial charge in [0.25, 0.3) is 0 Å². The maximum atomic E-state index is 9.33. The third-order valence-corrected chi connectivity index (χ3v) is 4.92. The van der Waals surface area contributed by atoms with Crippen molar-refractivity contribution in [3.05, 3.63) is 42.2 Å². The molecule has 0 saturated carbocycles. The number of rotatable bonds is 5. The number of hydrogen-bond acceptors (Lipinski definition) is 4. The van der Waals surface area contributed by atoms with Gasteiger partial charge in [0.05, 0.1) is 23.1 Å². The Hall–Kier alpha value is -2.01. The number of nitrogens with zero attached hydrogens (tertiary/aromatic N) is 3. The fourth-order valence-electron chi connectivity index (χ4n) is 3.27. The first-order chi connectivity index (χ1) is 12.0. The van der Waals surface area contributed by atoms with Gasteiger partial charge in [-0.05, 0) is 51.7 Å². The largest absolute Gasteiger partial charge is 0.396 e. The zero-order valence-corrected chi connectivity index (χ0v) is 15.6. The Kier molecular flexibility index (Phi) is 5.33. The number of piperidine rings is 1. The Labute approximate surface area is 150 Å². The first kappa shape index (κ1) is 17.8. The van der Waals surface area contributed by atoms with E-state index in [0.29, 0.717) is 12.5 Å². The Balaban J connectivity index is 1.66. The molecule has 136 valence electrons. The number of aliphatic hydroxyl groups is 1. The van der Waals surface area contributed by atoms with E-state index in [9.17, 15) is 5.11 Å². The lowest BCUT2D eigenvalue weighted by Crippen LogP contribution is -2.35. The van der Waals surface area contributed by atoms with Crippen LogP contribution < -0.4 is 10.2 Å². The highest BCUT2D eigenvalue weighted by molar-refractivity contribution is 5.70. The Bertz CT molecular complexity index is 681. The predicted molar refractivity (Wildman–Crippen MR) is 103 cm³/mol. The van der Waals surface area contributed by atoms with Gasteiger partial charge in [-0.15, -0.1) is 0 Å². The average Bonchev–Trinajstić information content (AvgIpc) is 3.10. The minimum absolute atomic E-state index is 0.00715. The number of benzene rings is 1. The molecule has 1 fully saturated rings. The van der Waals surface area contributed by atoms with Gasteiger partial charge >= 0.3 is 0 Å². The van der Waals surface area contributed by atoms with E-state index < -0.39 is 0 Å². The second-order valence-corrected chi connectivity index (χ2v) is 7.95. The molecular formula is C20H30N4O. The van der Waals surface area contributed by atoms with Gasteiger partial charge in [-0.2, -0.15) is 5.10 Å². The summed E-state index contributed by atoms with van der Waals surface area (Å²) in [5, 5.41) is 17.4. The lowest BCUT2D eigenvalue weighted by molar-refractivity contribution is 0.203. The van der Waals surface area contributed by atoms with Crippen LogP contribution in [0.2, 0.25) is 0 Å². The van der Waals surface area contributed by atoms with Crippen molar-refractivity contribution in [2.45, 2.75) is 45.7 Å². The molecule has 1 aromatic heterocycles.